The Morgan fingerprint density at radius 1 is 1.47 bits per heavy atom. The molecule has 0 aliphatic heterocycles. The number of carbonyl (C=O) groups is 1. The Morgan fingerprint density at radius 3 is 2.47 bits per heavy atom. The van der Waals surface area contributed by atoms with Gasteiger partial charge in [-0.1, -0.05) is 6.92 Å². The van der Waals surface area contributed by atoms with Gasteiger partial charge in [-0.05, 0) is 25.0 Å². The lowest BCUT2D eigenvalue weighted by molar-refractivity contribution is -0.210. The molecule has 0 aromatic rings. The van der Waals surface area contributed by atoms with Gasteiger partial charge >= 0.3 is 12.1 Å². The fourth-order valence-corrected chi connectivity index (χ4v) is 1.46. The number of allylic oxidation sites excluding steroid dienone is 3. The van der Waals surface area contributed by atoms with Crippen LogP contribution in [0.1, 0.15) is 26.2 Å². The quantitative estimate of drug-likeness (QED) is 0.834. The van der Waals surface area contributed by atoms with Crippen LogP contribution in [0, 0.1) is 0 Å². The Bertz CT molecular complexity index is 355. The third kappa shape index (κ3) is 3.80. The maximum absolute atomic E-state index is 12.4. The monoisotopic (exact) mass is 250 g/mol. The molecule has 0 aromatic carbocycles. The Labute approximate surface area is 96.6 Å². The van der Waals surface area contributed by atoms with E-state index < -0.39 is 18.2 Å². The Hall–Kier alpha value is -1.46. The molecule has 17 heavy (non-hydrogen) atoms. The van der Waals surface area contributed by atoms with Crippen LogP contribution in [-0.2, 0) is 9.53 Å². The number of carboxylic acid groups (broad SMARTS) is 1. The summed E-state index contributed by atoms with van der Waals surface area (Å²) >= 11 is 0. The van der Waals surface area contributed by atoms with Crippen molar-refractivity contribution in [3.8, 4) is 0 Å². The highest BCUT2D eigenvalue weighted by Crippen LogP contribution is 2.29. The molecular weight excluding hydrogens is 237 g/mol. The van der Waals surface area contributed by atoms with Gasteiger partial charge in [0.1, 0.15) is 0 Å². The second-order valence-corrected chi connectivity index (χ2v) is 3.69. The van der Waals surface area contributed by atoms with E-state index in [1.807, 2.05) is 0 Å². The van der Waals surface area contributed by atoms with Crippen LogP contribution in [0.3, 0.4) is 0 Å². The Kier molecular flexibility index (Phi) is 4.20. The molecule has 0 radical (unpaired) electrons. The molecule has 0 bridgehead atoms. The van der Waals surface area contributed by atoms with Crippen LogP contribution < -0.4 is 0 Å². The first-order valence-corrected chi connectivity index (χ1v) is 5.21. The van der Waals surface area contributed by atoms with Crippen molar-refractivity contribution in [1.82, 2.24) is 0 Å². The topological polar surface area (TPSA) is 46.5 Å². The summed E-state index contributed by atoms with van der Waals surface area (Å²) in [7, 11) is 0. The summed E-state index contributed by atoms with van der Waals surface area (Å²) in [6.45, 7) is 1.39. The van der Waals surface area contributed by atoms with Gasteiger partial charge in [-0.2, -0.15) is 13.2 Å². The van der Waals surface area contributed by atoms with Crippen LogP contribution in [0.4, 0.5) is 13.2 Å². The zero-order valence-corrected chi connectivity index (χ0v) is 9.25. The predicted molar refractivity (Wildman–Crippen MR) is 54.3 cm³/mol. The summed E-state index contributed by atoms with van der Waals surface area (Å²) < 4.78 is 42.1. The van der Waals surface area contributed by atoms with E-state index in [9.17, 15) is 18.0 Å². The van der Waals surface area contributed by atoms with Crippen LogP contribution in [0.2, 0.25) is 0 Å². The van der Waals surface area contributed by atoms with Crippen LogP contribution in [0.5, 0.6) is 0 Å². The van der Waals surface area contributed by atoms with Crippen LogP contribution in [0.15, 0.2) is 23.5 Å². The summed E-state index contributed by atoms with van der Waals surface area (Å²) in [6, 6.07) is 0. The zero-order chi connectivity index (χ0) is 13.1. The fourth-order valence-electron chi connectivity index (χ4n) is 1.46. The lowest BCUT2D eigenvalue weighted by atomic mass is 10.0. The van der Waals surface area contributed by atoms with E-state index in [-0.39, 0.29) is 30.6 Å². The molecule has 0 heterocycles. The molecule has 0 aromatic heterocycles. The molecular formula is C11H13F3O3. The summed E-state index contributed by atoms with van der Waals surface area (Å²) in [5.74, 6) is -0.873. The summed E-state index contributed by atoms with van der Waals surface area (Å²) in [5, 5.41) is 8.66. The van der Waals surface area contributed by atoms with Crippen molar-refractivity contribution in [3.05, 3.63) is 23.5 Å². The highest BCUT2D eigenvalue weighted by Gasteiger charge is 2.40. The van der Waals surface area contributed by atoms with Gasteiger partial charge in [-0.3, -0.25) is 0 Å². The van der Waals surface area contributed by atoms with Crippen LogP contribution >= 0.6 is 0 Å². The van der Waals surface area contributed by atoms with Gasteiger partial charge in [0.2, 0.25) is 0 Å². The normalized spacial score (nSPS) is 18.1. The van der Waals surface area contributed by atoms with Crippen LogP contribution in [0.25, 0.3) is 0 Å². The molecule has 1 atom stereocenters. The molecule has 1 N–H and O–H groups in total. The molecule has 1 unspecified atom stereocenters. The van der Waals surface area contributed by atoms with Crippen molar-refractivity contribution in [2.45, 2.75) is 38.5 Å². The third-order valence-corrected chi connectivity index (χ3v) is 2.42. The lowest BCUT2D eigenvalue weighted by Gasteiger charge is -2.23. The molecule has 1 rings (SSSR count). The molecule has 0 saturated heterocycles. The number of aliphatic carboxylic acids is 1. The van der Waals surface area contributed by atoms with Gasteiger partial charge in [0.25, 0.3) is 0 Å². The molecule has 1 aliphatic carbocycles. The number of carboxylic acids is 1. The SMILES string of the molecule is CCC(OC1=CC=C(C(=O)O)CC1)C(F)(F)F. The predicted octanol–water partition coefficient (Wildman–Crippen LogP) is 3.03. The van der Waals surface area contributed by atoms with Gasteiger partial charge < -0.3 is 9.84 Å². The van der Waals surface area contributed by atoms with Crippen molar-refractivity contribution >= 4 is 5.97 Å². The lowest BCUT2D eigenvalue weighted by Crippen LogP contribution is -2.31. The number of hydrogen-bond acceptors (Lipinski definition) is 2. The number of ether oxygens (including phenoxy) is 1. The molecule has 0 amide bonds. The molecule has 6 heteroatoms. The number of halogens is 3. The second kappa shape index (κ2) is 5.25. The van der Waals surface area contributed by atoms with Gasteiger partial charge in [-0.25, -0.2) is 4.79 Å². The van der Waals surface area contributed by atoms with Gasteiger partial charge in [0.05, 0.1) is 5.76 Å². The zero-order valence-electron chi connectivity index (χ0n) is 9.25. The first kappa shape index (κ1) is 13.6. The van der Waals surface area contributed by atoms with Crippen molar-refractivity contribution in [2.75, 3.05) is 0 Å². The minimum Gasteiger partial charge on any atom is -0.485 e. The van der Waals surface area contributed by atoms with E-state index in [1.165, 1.54) is 19.1 Å². The number of hydrogen-bond donors (Lipinski definition) is 1. The van der Waals surface area contributed by atoms with Gasteiger partial charge in [0.15, 0.2) is 6.10 Å². The van der Waals surface area contributed by atoms with E-state index in [0.29, 0.717) is 0 Å². The summed E-state index contributed by atoms with van der Waals surface area (Å²) in [4.78, 5) is 10.6. The Morgan fingerprint density at radius 2 is 2.12 bits per heavy atom. The van der Waals surface area contributed by atoms with Crippen molar-refractivity contribution < 1.29 is 27.8 Å². The molecule has 0 saturated carbocycles. The minimum absolute atomic E-state index is 0.170. The minimum atomic E-state index is -4.40. The van der Waals surface area contributed by atoms with Crippen molar-refractivity contribution in [2.24, 2.45) is 0 Å². The first-order chi connectivity index (χ1) is 7.84. The first-order valence-electron chi connectivity index (χ1n) is 5.21. The van der Waals surface area contributed by atoms with Gasteiger partial charge in [0, 0.05) is 12.0 Å². The number of rotatable bonds is 4. The average molecular weight is 250 g/mol. The maximum Gasteiger partial charge on any atom is 0.425 e. The van der Waals surface area contributed by atoms with E-state index in [2.05, 4.69) is 0 Å². The Balaban J connectivity index is 2.68. The second-order valence-electron chi connectivity index (χ2n) is 3.69. The standard InChI is InChI=1S/C11H13F3O3/c1-2-9(11(12,13)14)17-8-5-3-7(4-6-8)10(15)16/h3,5,9H,2,4,6H2,1H3,(H,15,16). The molecule has 3 nitrogen and oxygen atoms in total. The average Bonchev–Trinajstić information content (AvgIpc) is 2.24. The smallest absolute Gasteiger partial charge is 0.425 e. The fraction of sp³-hybridized carbons (Fsp3) is 0.545. The molecule has 96 valence electrons. The van der Waals surface area contributed by atoms with Crippen molar-refractivity contribution in [1.29, 1.82) is 0 Å². The van der Waals surface area contributed by atoms with Crippen molar-refractivity contribution in [3.63, 3.8) is 0 Å². The van der Waals surface area contributed by atoms with E-state index >= 15 is 0 Å². The third-order valence-electron chi connectivity index (χ3n) is 2.42. The highest BCUT2D eigenvalue weighted by molar-refractivity contribution is 5.87. The summed E-state index contributed by atoms with van der Waals surface area (Å²) in [5.41, 5.74) is 0.178. The van der Waals surface area contributed by atoms with Crippen LogP contribution in [-0.4, -0.2) is 23.4 Å². The summed E-state index contributed by atoms with van der Waals surface area (Å²) in [6.07, 6.45) is -3.44. The maximum atomic E-state index is 12.4. The van der Waals surface area contributed by atoms with E-state index in [4.69, 9.17) is 9.84 Å². The van der Waals surface area contributed by atoms with E-state index in [0.717, 1.165) is 0 Å². The molecule has 0 fully saturated rings. The highest BCUT2D eigenvalue weighted by atomic mass is 19.4. The molecule has 0 spiro atoms. The molecule has 1 aliphatic rings. The number of alkyl halides is 3. The largest absolute Gasteiger partial charge is 0.485 e. The van der Waals surface area contributed by atoms with Gasteiger partial charge in [-0.15, -0.1) is 0 Å². The van der Waals surface area contributed by atoms with E-state index in [1.54, 1.807) is 0 Å².